The van der Waals surface area contributed by atoms with Crippen molar-refractivity contribution in [1.29, 1.82) is 0 Å². The van der Waals surface area contributed by atoms with E-state index in [4.69, 9.17) is 11.5 Å². The first-order chi connectivity index (χ1) is 27.6. The van der Waals surface area contributed by atoms with Crippen LogP contribution >= 0.6 is 0 Å². The molecule has 0 spiro atoms. The van der Waals surface area contributed by atoms with E-state index in [1.54, 1.807) is 0 Å². The Bertz CT molecular complexity index is 2220. The van der Waals surface area contributed by atoms with Gasteiger partial charge < -0.3 is 47.6 Å². The Morgan fingerprint density at radius 2 is 0.800 bits per heavy atom. The van der Waals surface area contributed by atoms with Crippen LogP contribution in [0.1, 0.15) is 38.9 Å². The van der Waals surface area contributed by atoms with Crippen molar-refractivity contribution in [3.63, 3.8) is 0 Å². The summed E-state index contributed by atoms with van der Waals surface area (Å²) in [4.78, 5) is 0. The van der Waals surface area contributed by atoms with Crippen molar-refractivity contribution in [3.05, 3.63) is 124 Å². The SMILES string of the molecule is Cc1cc(CNc2cc(C(c3ccc(O)cc3N)(C(F)(F)F)C(F)(F)F)ccc2O)c(O)c(CNc2cc(C(c3ccc(O)cc3N)(C(F)(F)F)C(F)(F)F)ccc2O)c1. The quantitative estimate of drug-likeness (QED) is 0.0376. The highest BCUT2D eigenvalue weighted by molar-refractivity contribution is 5.67. The molecule has 0 aromatic heterocycles. The van der Waals surface area contributed by atoms with E-state index >= 15 is 0 Å². The van der Waals surface area contributed by atoms with Crippen LogP contribution in [0, 0.1) is 6.92 Å². The second-order valence-corrected chi connectivity index (χ2v) is 13.6. The Hall–Kier alpha value is -6.54. The zero-order valence-electron chi connectivity index (χ0n) is 30.4. The number of anilines is 4. The van der Waals surface area contributed by atoms with Crippen LogP contribution in [0.3, 0.4) is 0 Å². The number of phenols is 5. The van der Waals surface area contributed by atoms with Gasteiger partial charge in [-0.25, -0.2) is 0 Å². The summed E-state index contributed by atoms with van der Waals surface area (Å²) in [6.07, 6.45) is -24.4. The number of aromatic hydroxyl groups is 5. The Morgan fingerprint density at radius 1 is 0.467 bits per heavy atom. The molecule has 0 fully saturated rings. The monoisotopic (exact) mass is 864 g/mol. The number of nitrogens with one attached hydrogen (secondary N) is 2. The first-order valence-corrected chi connectivity index (χ1v) is 17.0. The summed E-state index contributed by atoms with van der Waals surface area (Å²) < 4.78 is 177. The standard InChI is InChI=1S/C39H32F12N4O5/c1-18-10-19(16-54-29-12-21(2-8-31(29)58)34(36(40,41)42,37(43,44)45)25-6-4-23(56)14-27(25)52)33(60)20(11-18)17-55-30-13-22(3-9-32(30)59)35(38(46,47)48,39(49,50)51)26-7-5-24(57)15-28(26)53/h2-15,54-60H,16-17,52-53H2,1H3. The lowest BCUT2D eigenvalue weighted by Gasteiger charge is -2.39. The third-order valence-corrected chi connectivity index (χ3v) is 9.79. The van der Waals surface area contributed by atoms with Gasteiger partial charge in [0.15, 0.2) is 0 Å². The van der Waals surface area contributed by atoms with Crippen molar-refractivity contribution in [2.45, 2.75) is 55.5 Å². The van der Waals surface area contributed by atoms with Gasteiger partial charge in [0.2, 0.25) is 10.8 Å². The molecular weight excluding hydrogens is 832 g/mol. The summed E-state index contributed by atoms with van der Waals surface area (Å²) in [5.74, 6) is -3.73. The number of nitrogens with two attached hydrogens (primary N) is 2. The van der Waals surface area contributed by atoms with Gasteiger partial charge in [-0.05, 0) is 54.4 Å². The summed E-state index contributed by atoms with van der Waals surface area (Å²) in [7, 11) is 0. The van der Waals surface area contributed by atoms with Gasteiger partial charge in [-0.3, -0.25) is 0 Å². The zero-order valence-corrected chi connectivity index (χ0v) is 30.4. The maximum atomic E-state index is 14.8. The average Bonchev–Trinajstić information content (AvgIpc) is 3.09. The molecule has 5 rings (SSSR count). The first kappa shape index (κ1) is 44.6. The normalized spacial score (nSPS) is 13.0. The predicted molar refractivity (Wildman–Crippen MR) is 195 cm³/mol. The van der Waals surface area contributed by atoms with Gasteiger partial charge in [0.05, 0.1) is 11.4 Å². The predicted octanol–water partition coefficient (Wildman–Crippen LogP) is 9.73. The van der Waals surface area contributed by atoms with Crippen molar-refractivity contribution in [2.75, 3.05) is 22.1 Å². The second-order valence-electron chi connectivity index (χ2n) is 13.6. The molecule has 0 aliphatic heterocycles. The lowest BCUT2D eigenvalue weighted by molar-refractivity contribution is -0.289. The van der Waals surface area contributed by atoms with E-state index in [0.29, 0.717) is 78.4 Å². The molecule has 9 nitrogen and oxygen atoms in total. The maximum absolute atomic E-state index is 14.8. The third kappa shape index (κ3) is 7.58. The number of phenolic OH excluding ortho intramolecular Hbond substituents is 5. The molecule has 21 heteroatoms. The number of alkyl halides is 12. The molecule has 0 radical (unpaired) electrons. The van der Waals surface area contributed by atoms with Gasteiger partial charge in [0, 0.05) is 58.9 Å². The second kappa shape index (κ2) is 15.2. The van der Waals surface area contributed by atoms with Gasteiger partial charge >= 0.3 is 24.7 Å². The van der Waals surface area contributed by atoms with Gasteiger partial charge in [-0.15, -0.1) is 0 Å². The summed E-state index contributed by atoms with van der Waals surface area (Å²) in [5.41, 5.74) is -7.63. The topological polar surface area (TPSA) is 177 Å². The lowest BCUT2D eigenvalue weighted by atomic mass is 9.72. The van der Waals surface area contributed by atoms with E-state index in [1.807, 2.05) is 0 Å². The summed E-state index contributed by atoms with van der Waals surface area (Å²) >= 11 is 0. The number of rotatable bonds is 10. The first-order valence-electron chi connectivity index (χ1n) is 17.0. The molecular formula is C39H32F12N4O5. The Labute approximate surface area is 331 Å². The molecule has 322 valence electrons. The maximum Gasteiger partial charge on any atom is 0.411 e. The molecule has 60 heavy (non-hydrogen) atoms. The summed E-state index contributed by atoms with van der Waals surface area (Å²) in [6.45, 7) is 0.269. The number of hydrogen-bond acceptors (Lipinski definition) is 9. The Balaban J connectivity index is 1.51. The largest absolute Gasteiger partial charge is 0.508 e. The van der Waals surface area contributed by atoms with Gasteiger partial charge in [0.1, 0.15) is 28.7 Å². The van der Waals surface area contributed by atoms with E-state index in [2.05, 4.69) is 10.6 Å². The minimum absolute atomic E-state index is 0.105. The van der Waals surface area contributed by atoms with Crippen molar-refractivity contribution in [3.8, 4) is 28.7 Å². The van der Waals surface area contributed by atoms with Gasteiger partial charge in [-0.2, -0.15) is 52.7 Å². The number of aryl methyl sites for hydroxylation is 1. The number of benzene rings is 5. The van der Waals surface area contributed by atoms with Crippen molar-refractivity contribution in [2.24, 2.45) is 0 Å². The van der Waals surface area contributed by atoms with Gasteiger partial charge in [0.25, 0.3) is 0 Å². The minimum atomic E-state index is -6.10. The van der Waals surface area contributed by atoms with Crippen LogP contribution < -0.4 is 22.1 Å². The molecule has 11 N–H and O–H groups in total. The molecule has 5 aromatic carbocycles. The molecule has 0 bridgehead atoms. The van der Waals surface area contributed by atoms with Crippen molar-refractivity contribution < 1.29 is 78.2 Å². The molecule has 0 saturated heterocycles. The molecule has 0 heterocycles. The van der Waals surface area contributed by atoms with Crippen LogP contribution in [0.2, 0.25) is 0 Å². The fourth-order valence-electron chi connectivity index (χ4n) is 7.09. The third-order valence-electron chi connectivity index (χ3n) is 9.79. The highest BCUT2D eigenvalue weighted by Crippen LogP contribution is 2.60. The van der Waals surface area contributed by atoms with E-state index in [1.165, 1.54) is 19.1 Å². The van der Waals surface area contributed by atoms with Crippen LogP contribution in [0.4, 0.5) is 75.4 Å². The fourth-order valence-corrected chi connectivity index (χ4v) is 7.09. The van der Waals surface area contributed by atoms with Crippen LogP contribution in [-0.2, 0) is 23.9 Å². The van der Waals surface area contributed by atoms with Crippen LogP contribution in [0.15, 0.2) is 84.9 Å². The van der Waals surface area contributed by atoms with E-state index in [0.717, 1.165) is 0 Å². The molecule has 5 aromatic rings. The number of nitrogen functional groups attached to an aromatic ring is 2. The lowest BCUT2D eigenvalue weighted by Crippen LogP contribution is -2.55. The fraction of sp³-hybridized carbons (Fsp3) is 0.231. The molecule has 0 aliphatic rings. The van der Waals surface area contributed by atoms with Crippen molar-refractivity contribution in [1.82, 2.24) is 0 Å². The van der Waals surface area contributed by atoms with Crippen LogP contribution in [0.25, 0.3) is 0 Å². The van der Waals surface area contributed by atoms with E-state index < -0.39 is 122 Å². The summed E-state index contributed by atoms with van der Waals surface area (Å²) in [6, 6.07) is 8.06. The Morgan fingerprint density at radius 3 is 1.10 bits per heavy atom. The van der Waals surface area contributed by atoms with E-state index in [-0.39, 0.29) is 11.1 Å². The molecule has 0 unspecified atom stereocenters. The van der Waals surface area contributed by atoms with E-state index in [9.17, 15) is 78.2 Å². The van der Waals surface area contributed by atoms with Crippen LogP contribution in [-0.4, -0.2) is 50.2 Å². The van der Waals surface area contributed by atoms with Crippen molar-refractivity contribution >= 4 is 22.7 Å². The highest BCUT2D eigenvalue weighted by Gasteiger charge is 2.74. The number of halogens is 12. The zero-order chi connectivity index (χ0) is 45.0. The smallest absolute Gasteiger partial charge is 0.411 e. The minimum Gasteiger partial charge on any atom is -0.508 e. The molecule has 0 saturated carbocycles. The van der Waals surface area contributed by atoms with Crippen LogP contribution in [0.5, 0.6) is 28.7 Å². The average molecular weight is 865 g/mol. The number of hydrogen-bond donors (Lipinski definition) is 9. The summed E-state index contributed by atoms with van der Waals surface area (Å²) in [5, 5.41) is 56.4. The molecule has 0 aliphatic carbocycles. The molecule has 0 amide bonds. The molecule has 0 atom stereocenters. The highest BCUT2D eigenvalue weighted by atomic mass is 19.4. The van der Waals surface area contributed by atoms with Gasteiger partial charge in [-0.1, -0.05) is 42.0 Å². The Kier molecular flexibility index (Phi) is 11.3.